The maximum atomic E-state index is 2.47. The van der Waals surface area contributed by atoms with Crippen LogP contribution >= 0.6 is 0 Å². The first-order valence-corrected chi connectivity index (χ1v) is 11.2. The van der Waals surface area contributed by atoms with Crippen LogP contribution in [-0.2, 0) is 0 Å². The third kappa shape index (κ3) is 4.62. The highest BCUT2D eigenvalue weighted by molar-refractivity contribution is 6.80. The van der Waals surface area contributed by atoms with Crippen molar-refractivity contribution in [3.05, 3.63) is 41.5 Å². The molecule has 0 aliphatic rings. The molecule has 1 aromatic rings. The van der Waals surface area contributed by atoms with Crippen LogP contribution in [0.3, 0.4) is 0 Å². The van der Waals surface area contributed by atoms with E-state index in [9.17, 15) is 0 Å². The van der Waals surface area contributed by atoms with Crippen LogP contribution in [-0.4, -0.2) is 8.07 Å². The van der Waals surface area contributed by atoms with E-state index >= 15 is 0 Å². The molecule has 0 aliphatic carbocycles. The van der Waals surface area contributed by atoms with E-state index < -0.39 is 8.07 Å². The third-order valence-electron chi connectivity index (χ3n) is 5.23. The van der Waals surface area contributed by atoms with Crippen molar-refractivity contribution >= 4 is 14.1 Å². The summed E-state index contributed by atoms with van der Waals surface area (Å²) in [6, 6.07) is 16.5. The second-order valence-electron chi connectivity index (χ2n) is 6.18. The summed E-state index contributed by atoms with van der Waals surface area (Å²) >= 11 is 0. The van der Waals surface area contributed by atoms with E-state index in [2.05, 4.69) is 71.0 Å². The van der Waals surface area contributed by atoms with E-state index in [-0.39, 0.29) is 0 Å². The van der Waals surface area contributed by atoms with Gasteiger partial charge in [-0.15, -0.1) is 0 Å². The van der Waals surface area contributed by atoms with Crippen molar-refractivity contribution in [3.8, 4) is 0 Å². The fraction of sp³-hybridized carbons (Fsp3) is 0.579. The van der Waals surface area contributed by atoms with Gasteiger partial charge in [-0.2, -0.15) is 0 Å². The highest BCUT2D eigenvalue weighted by Crippen LogP contribution is 2.33. The van der Waals surface area contributed by atoms with Gasteiger partial charge in [0.15, 0.2) is 0 Å². The molecule has 1 atom stereocenters. The van der Waals surface area contributed by atoms with Crippen LogP contribution in [0.25, 0.3) is 6.08 Å². The molecule has 0 saturated heterocycles. The Balaban J connectivity index is 3.04. The molecule has 0 amide bonds. The molecular weight excluding hydrogens is 256 g/mol. The lowest BCUT2D eigenvalue weighted by Crippen LogP contribution is -2.32. The van der Waals surface area contributed by atoms with Gasteiger partial charge < -0.3 is 0 Å². The van der Waals surface area contributed by atoms with E-state index in [0.717, 1.165) is 0 Å². The summed E-state index contributed by atoms with van der Waals surface area (Å²) in [4.78, 5) is 0. The van der Waals surface area contributed by atoms with Crippen LogP contribution in [0, 0.1) is 5.92 Å². The van der Waals surface area contributed by atoms with E-state index in [0.29, 0.717) is 5.92 Å². The molecule has 20 heavy (non-hydrogen) atoms. The maximum absolute atomic E-state index is 2.47. The van der Waals surface area contributed by atoms with E-state index in [1.165, 1.54) is 36.2 Å². The largest absolute Gasteiger partial charge is 0.0694 e. The Hall–Kier alpha value is -0.823. The molecule has 1 rings (SSSR count). The molecule has 1 aromatic carbocycles. The zero-order chi connectivity index (χ0) is 15.0. The van der Waals surface area contributed by atoms with Gasteiger partial charge in [0, 0.05) is 0 Å². The third-order valence-corrected chi connectivity index (χ3v) is 10.9. The minimum absolute atomic E-state index is 0.715. The molecule has 0 N–H and O–H groups in total. The Bertz CT molecular complexity index is 393. The molecule has 0 saturated carbocycles. The topological polar surface area (TPSA) is 0 Å². The highest BCUT2D eigenvalue weighted by atomic mass is 28.3. The minimum atomic E-state index is -1.08. The lowest BCUT2D eigenvalue weighted by atomic mass is 9.97. The van der Waals surface area contributed by atoms with Crippen LogP contribution < -0.4 is 0 Å². The highest BCUT2D eigenvalue weighted by Gasteiger charge is 2.28. The summed E-state index contributed by atoms with van der Waals surface area (Å²) in [5, 5.41) is 0. The first kappa shape index (κ1) is 17.2. The molecule has 0 nitrogen and oxygen atoms in total. The second-order valence-corrected chi connectivity index (χ2v) is 11.7. The Morgan fingerprint density at radius 2 is 1.55 bits per heavy atom. The number of hydrogen-bond acceptors (Lipinski definition) is 0. The Morgan fingerprint density at radius 3 is 2.00 bits per heavy atom. The van der Waals surface area contributed by atoms with Crippen LogP contribution in [0.15, 0.2) is 35.9 Å². The van der Waals surface area contributed by atoms with Crippen molar-refractivity contribution in [2.45, 2.75) is 65.2 Å². The molecule has 0 aromatic heterocycles. The van der Waals surface area contributed by atoms with Crippen molar-refractivity contribution in [2.75, 3.05) is 0 Å². The molecular formula is C19H32Si. The summed E-state index contributed by atoms with van der Waals surface area (Å²) < 4.78 is 0. The molecule has 0 bridgehead atoms. The number of hydrogen-bond donors (Lipinski definition) is 0. The molecule has 0 heterocycles. The van der Waals surface area contributed by atoms with Gasteiger partial charge in [0.2, 0.25) is 0 Å². The Labute approximate surface area is 127 Å². The lowest BCUT2D eigenvalue weighted by Gasteiger charge is -2.31. The smallest absolute Gasteiger partial charge is 0.0568 e. The average molecular weight is 289 g/mol. The number of benzene rings is 1. The van der Waals surface area contributed by atoms with Gasteiger partial charge in [-0.05, 0) is 23.9 Å². The molecule has 1 heteroatoms. The Kier molecular flexibility index (Phi) is 7.29. The molecule has 0 radical (unpaired) electrons. The standard InChI is InChI=1S/C19H32Si/c1-6-17(5)19(15-18-13-11-10-12-14-18)16-20(7-2,8-3)9-4/h10-15,17H,6-9,16H2,1-5H3/b19-15-. The van der Waals surface area contributed by atoms with Gasteiger partial charge in [0.25, 0.3) is 0 Å². The summed E-state index contributed by atoms with van der Waals surface area (Å²) in [6.07, 6.45) is 3.72. The van der Waals surface area contributed by atoms with Crippen LogP contribution in [0.1, 0.15) is 46.6 Å². The monoisotopic (exact) mass is 288 g/mol. The molecule has 112 valence electrons. The predicted molar refractivity (Wildman–Crippen MR) is 95.9 cm³/mol. The number of allylic oxidation sites excluding steroid dienone is 1. The zero-order valence-electron chi connectivity index (χ0n) is 14.1. The van der Waals surface area contributed by atoms with Gasteiger partial charge in [-0.1, -0.05) is 94.7 Å². The number of rotatable bonds is 8. The fourth-order valence-electron chi connectivity index (χ4n) is 2.95. The normalized spacial score (nSPS) is 14.3. The van der Waals surface area contributed by atoms with Crippen molar-refractivity contribution in [1.82, 2.24) is 0 Å². The summed E-state index contributed by atoms with van der Waals surface area (Å²) in [5.74, 6) is 0.715. The quantitative estimate of drug-likeness (QED) is 0.471. The van der Waals surface area contributed by atoms with Gasteiger partial charge in [0.1, 0.15) is 0 Å². The predicted octanol–water partition coefficient (Wildman–Crippen LogP) is 6.62. The first-order chi connectivity index (χ1) is 9.60. The second kappa shape index (κ2) is 8.46. The molecule has 0 fully saturated rings. The SMILES string of the molecule is CCC(C)/C(=C\c1ccccc1)C[Si](CC)(CC)CC. The van der Waals surface area contributed by atoms with E-state index in [4.69, 9.17) is 0 Å². The zero-order valence-corrected chi connectivity index (χ0v) is 15.1. The van der Waals surface area contributed by atoms with Crippen molar-refractivity contribution in [1.29, 1.82) is 0 Å². The van der Waals surface area contributed by atoms with Gasteiger partial charge in [-0.25, -0.2) is 0 Å². The maximum Gasteiger partial charge on any atom is 0.0568 e. The van der Waals surface area contributed by atoms with Crippen LogP contribution in [0.2, 0.25) is 24.2 Å². The summed E-state index contributed by atoms with van der Waals surface area (Å²) in [5.41, 5.74) is 3.06. The average Bonchev–Trinajstić information content (AvgIpc) is 2.52. The van der Waals surface area contributed by atoms with Gasteiger partial charge in [-0.3, -0.25) is 0 Å². The van der Waals surface area contributed by atoms with E-state index in [1.807, 2.05) is 0 Å². The molecule has 0 spiro atoms. The van der Waals surface area contributed by atoms with Gasteiger partial charge in [0.05, 0.1) is 8.07 Å². The van der Waals surface area contributed by atoms with Crippen LogP contribution in [0.5, 0.6) is 0 Å². The molecule has 1 unspecified atom stereocenters. The minimum Gasteiger partial charge on any atom is -0.0694 e. The van der Waals surface area contributed by atoms with E-state index in [1.54, 1.807) is 5.57 Å². The first-order valence-electron chi connectivity index (χ1n) is 8.36. The lowest BCUT2D eigenvalue weighted by molar-refractivity contribution is 0.656. The van der Waals surface area contributed by atoms with Gasteiger partial charge >= 0.3 is 0 Å². The summed E-state index contributed by atoms with van der Waals surface area (Å²) in [7, 11) is -1.08. The summed E-state index contributed by atoms with van der Waals surface area (Å²) in [6.45, 7) is 12.0. The van der Waals surface area contributed by atoms with Crippen molar-refractivity contribution in [2.24, 2.45) is 5.92 Å². The molecule has 0 aliphatic heterocycles. The fourth-order valence-corrected chi connectivity index (χ4v) is 6.52. The van der Waals surface area contributed by atoms with Crippen LogP contribution in [0.4, 0.5) is 0 Å². The van der Waals surface area contributed by atoms with Crippen molar-refractivity contribution in [3.63, 3.8) is 0 Å². The Morgan fingerprint density at radius 1 is 1.00 bits per heavy atom. The van der Waals surface area contributed by atoms with Crippen molar-refractivity contribution < 1.29 is 0 Å².